The van der Waals surface area contributed by atoms with Crippen molar-refractivity contribution in [1.82, 2.24) is 15.2 Å². The summed E-state index contributed by atoms with van der Waals surface area (Å²) in [5.74, 6) is 0.645. The zero-order valence-electron chi connectivity index (χ0n) is 9.70. The molecule has 2 rings (SSSR count). The Morgan fingerprint density at radius 2 is 2.06 bits per heavy atom. The zero-order chi connectivity index (χ0) is 12.6. The SMILES string of the molecule is Cc1c(Cl)nnc(NN(C(N)=S)C2CC2)c1C. The van der Waals surface area contributed by atoms with Crippen LogP contribution in [-0.2, 0) is 0 Å². The fourth-order valence-corrected chi connectivity index (χ4v) is 1.83. The van der Waals surface area contributed by atoms with E-state index in [4.69, 9.17) is 29.6 Å². The topological polar surface area (TPSA) is 67.1 Å². The van der Waals surface area contributed by atoms with E-state index in [1.165, 1.54) is 0 Å². The number of halogens is 1. The maximum Gasteiger partial charge on any atom is 0.185 e. The Bertz CT molecular complexity index is 460. The smallest absolute Gasteiger partial charge is 0.185 e. The Morgan fingerprint density at radius 1 is 1.41 bits per heavy atom. The van der Waals surface area contributed by atoms with Crippen LogP contribution in [0.5, 0.6) is 0 Å². The lowest BCUT2D eigenvalue weighted by molar-refractivity contribution is 0.486. The molecule has 1 heterocycles. The van der Waals surface area contributed by atoms with E-state index in [2.05, 4.69) is 15.6 Å². The van der Waals surface area contributed by atoms with Crippen LogP contribution in [0.4, 0.5) is 5.82 Å². The van der Waals surface area contributed by atoms with E-state index < -0.39 is 0 Å². The molecule has 17 heavy (non-hydrogen) atoms. The molecule has 1 aliphatic rings. The average molecular weight is 272 g/mol. The summed E-state index contributed by atoms with van der Waals surface area (Å²) in [6.45, 7) is 3.84. The van der Waals surface area contributed by atoms with Crippen LogP contribution in [-0.4, -0.2) is 26.4 Å². The molecule has 0 aromatic carbocycles. The van der Waals surface area contributed by atoms with Gasteiger partial charge >= 0.3 is 0 Å². The second-order valence-electron chi connectivity index (χ2n) is 4.14. The highest BCUT2D eigenvalue weighted by molar-refractivity contribution is 7.80. The summed E-state index contributed by atoms with van der Waals surface area (Å²) in [4.78, 5) is 0. The maximum atomic E-state index is 5.89. The van der Waals surface area contributed by atoms with Crippen molar-refractivity contribution in [2.45, 2.75) is 32.7 Å². The summed E-state index contributed by atoms with van der Waals surface area (Å²) < 4.78 is 0. The number of aromatic nitrogens is 2. The molecule has 1 saturated carbocycles. The second-order valence-corrected chi connectivity index (χ2v) is 4.92. The monoisotopic (exact) mass is 271 g/mol. The Labute approximate surface area is 110 Å². The quantitative estimate of drug-likeness (QED) is 0.645. The standard InChI is InChI=1S/C10H14ClN5S/c1-5-6(2)9(14-13-8(5)11)15-16(10(12)17)7-3-4-7/h7H,3-4H2,1-2H3,(H2,12,17)(H,14,15). The summed E-state index contributed by atoms with van der Waals surface area (Å²) in [5.41, 5.74) is 10.6. The third-order valence-electron chi connectivity index (χ3n) is 2.84. The summed E-state index contributed by atoms with van der Waals surface area (Å²) >= 11 is 10.9. The molecule has 7 heteroatoms. The molecule has 92 valence electrons. The first-order valence-electron chi connectivity index (χ1n) is 5.35. The van der Waals surface area contributed by atoms with Crippen molar-refractivity contribution in [2.75, 3.05) is 5.43 Å². The van der Waals surface area contributed by atoms with Gasteiger partial charge in [-0.3, -0.25) is 10.4 Å². The zero-order valence-corrected chi connectivity index (χ0v) is 11.3. The fraction of sp³-hybridized carbons (Fsp3) is 0.500. The molecule has 0 aliphatic heterocycles. The first-order chi connectivity index (χ1) is 8.00. The van der Waals surface area contributed by atoms with Crippen LogP contribution in [0.2, 0.25) is 5.15 Å². The number of thiocarbonyl (C=S) groups is 1. The number of nitrogens with one attached hydrogen (secondary N) is 1. The Balaban J connectivity index is 2.23. The molecule has 3 N–H and O–H groups in total. The molecule has 0 spiro atoms. The Kier molecular flexibility index (Phi) is 3.35. The maximum absolute atomic E-state index is 5.89. The number of nitrogens with zero attached hydrogens (tertiary/aromatic N) is 3. The lowest BCUT2D eigenvalue weighted by atomic mass is 10.2. The number of hydrazine groups is 1. The van der Waals surface area contributed by atoms with Gasteiger partial charge < -0.3 is 5.73 Å². The van der Waals surface area contributed by atoms with Crippen molar-refractivity contribution >= 4 is 34.7 Å². The van der Waals surface area contributed by atoms with Gasteiger partial charge in [-0.15, -0.1) is 10.2 Å². The van der Waals surface area contributed by atoms with Crippen molar-refractivity contribution < 1.29 is 0 Å². The van der Waals surface area contributed by atoms with Gasteiger partial charge in [-0.1, -0.05) is 11.6 Å². The van der Waals surface area contributed by atoms with Gasteiger partial charge in [0.05, 0.1) is 6.04 Å². The molecule has 1 fully saturated rings. The number of hydrogen-bond acceptors (Lipinski definition) is 4. The molecule has 1 aromatic heterocycles. The molecule has 0 bridgehead atoms. The Morgan fingerprint density at radius 3 is 2.59 bits per heavy atom. The van der Waals surface area contributed by atoms with E-state index >= 15 is 0 Å². The number of anilines is 1. The number of hydrogen-bond donors (Lipinski definition) is 2. The largest absolute Gasteiger partial charge is 0.375 e. The lowest BCUT2D eigenvalue weighted by Crippen LogP contribution is -2.42. The molecule has 1 aliphatic carbocycles. The van der Waals surface area contributed by atoms with Crippen LogP contribution < -0.4 is 11.2 Å². The number of rotatable bonds is 3. The summed E-state index contributed by atoms with van der Waals surface area (Å²) in [5, 5.41) is 10.4. The van der Waals surface area contributed by atoms with Gasteiger partial charge in [-0.25, -0.2) is 0 Å². The molecular formula is C10H14ClN5S. The highest BCUT2D eigenvalue weighted by atomic mass is 35.5. The van der Waals surface area contributed by atoms with Gasteiger partial charge in [0, 0.05) is 5.56 Å². The molecule has 0 atom stereocenters. The molecule has 0 saturated heterocycles. The summed E-state index contributed by atoms with van der Waals surface area (Å²) in [6.07, 6.45) is 2.17. The molecule has 0 amide bonds. The van der Waals surface area contributed by atoms with E-state index in [-0.39, 0.29) is 0 Å². The highest BCUT2D eigenvalue weighted by Crippen LogP contribution is 2.28. The predicted octanol–water partition coefficient (Wildman–Crippen LogP) is 1.78. The van der Waals surface area contributed by atoms with E-state index in [0.717, 1.165) is 24.0 Å². The lowest BCUT2D eigenvalue weighted by Gasteiger charge is -2.24. The van der Waals surface area contributed by atoms with Gasteiger partial charge in [0.1, 0.15) is 0 Å². The molecule has 0 unspecified atom stereocenters. The normalized spacial score (nSPS) is 14.5. The minimum atomic E-state index is 0.321. The van der Waals surface area contributed by atoms with Crippen LogP contribution in [0.3, 0.4) is 0 Å². The first kappa shape index (κ1) is 12.3. The van der Waals surface area contributed by atoms with Crippen LogP contribution in [0, 0.1) is 13.8 Å². The third kappa shape index (κ3) is 2.58. The first-order valence-corrected chi connectivity index (χ1v) is 6.14. The van der Waals surface area contributed by atoms with Crippen molar-refractivity contribution in [2.24, 2.45) is 5.73 Å². The fourth-order valence-electron chi connectivity index (χ4n) is 1.46. The van der Waals surface area contributed by atoms with E-state index in [1.54, 1.807) is 5.01 Å². The highest BCUT2D eigenvalue weighted by Gasteiger charge is 2.31. The average Bonchev–Trinajstić information content (AvgIpc) is 3.08. The van der Waals surface area contributed by atoms with Gasteiger partial charge in [0.2, 0.25) is 0 Å². The minimum absolute atomic E-state index is 0.321. The van der Waals surface area contributed by atoms with Crippen molar-refractivity contribution in [3.05, 3.63) is 16.3 Å². The van der Waals surface area contributed by atoms with E-state index in [1.807, 2.05) is 13.8 Å². The molecule has 5 nitrogen and oxygen atoms in total. The minimum Gasteiger partial charge on any atom is -0.375 e. The van der Waals surface area contributed by atoms with Crippen LogP contribution in [0.25, 0.3) is 0 Å². The van der Waals surface area contributed by atoms with Crippen LogP contribution >= 0.6 is 23.8 Å². The predicted molar refractivity (Wildman–Crippen MR) is 71.8 cm³/mol. The second kappa shape index (κ2) is 4.62. The summed E-state index contributed by atoms with van der Waals surface area (Å²) in [7, 11) is 0. The van der Waals surface area contributed by atoms with Gasteiger partial charge in [0.25, 0.3) is 0 Å². The Hall–Kier alpha value is -1.14. The molecular weight excluding hydrogens is 258 g/mol. The van der Waals surface area contributed by atoms with Crippen molar-refractivity contribution in [3.8, 4) is 0 Å². The number of nitrogens with two attached hydrogens (primary N) is 1. The van der Waals surface area contributed by atoms with E-state index in [0.29, 0.717) is 22.1 Å². The van der Waals surface area contributed by atoms with Gasteiger partial charge in [-0.05, 0) is 44.5 Å². The van der Waals surface area contributed by atoms with Crippen molar-refractivity contribution in [1.29, 1.82) is 0 Å². The molecule has 0 radical (unpaired) electrons. The van der Waals surface area contributed by atoms with E-state index in [9.17, 15) is 0 Å². The van der Waals surface area contributed by atoms with Gasteiger partial charge in [0.15, 0.2) is 16.1 Å². The summed E-state index contributed by atoms with van der Waals surface area (Å²) in [6, 6.07) is 0.365. The third-order valence-corrected chi connectivity index (χ3v) is 3.40. The van der Waals surface area contributed by atoms with Gasteiger partial charge in [-0.2, -0.15) is 0 Å². The molecule has 1 aromatic rings. The van der Waals surface area contributed by atoms with Crippen LogP contribution in [0.15, 0.2) is 0 Å². The van der Waals surface area contributed by atoms with Crippen LogP contribution in [0.1, 0.15) is 24.0 Å². The van der Waals surface area contributed by atoms with Crippen molar-refractivity contribution in [3.63, 3.8) is 0 Å².